The first kappa shape index (κ1) is 32.6. The zero-order chi connectivity index (χ0) is 30.9. The number of hydrogen-bond acceptors (Lipinski definition) is 8. The SMILES string of the molecule is CCCN(CC)c1ncc(N(CC)C(=O)C(C)(C)C)c(NC(Cc2ccc(OC(=O)N3CCCCC3)cc2)C(=O)O)n1. The van der Waals surface area contributed by atoms with Crippen LogP contribution in [0.15, 0.2) is 30.5 Å². The van der Waals surface area contributed by atoms with Crippen LogP contribution in [0.25, 0.3) is 0 Å². The third-order valence-corrected chi connectivity index (χ3v) is 7.20. The van der Waals surface area contributed by atoms with Crippen LogP contribution in [-0.4, -0.2) is 76.7 Å². The second-order valence-electron chi connectivity index (χ2n) is 11.6. The monoisotopic (exact) mass is 582 g/mol. The molecule has 2 N–H and O–H groups in total. The van der Waals surface area contributed by atoms with Crippen molar-refractivity contribution in [3.63, 3.8) is 0 Å². The summed E-state index contributed by atoms with van der Waals surface area (Å²) in [6.07, 6.45) is 5.33. The number of aliphatic carboxylic acids is 1. The van der Waals surface area contributed by atoms with E-state index in [9.17, 15) is 19.5 Å². The Kier molecular flexibility index (Phi) is 11.5. The third-order valence-electron chi connectivity index (χ3n) is 7.20. The number of carboxylic acid groups (broad SMARTS) is 1. The van der Waals surface area contributed by atoms with E-state index in [0.29, 0.717) is 43.6 Å². The summed E-state index contributed by atoms with van der Waals surface area (Å²) < 4.78 is 5.52. The maximum Gasteiger partial charge on any atom is 0.415 e. The zero-order valence-electron chi connectivity index (χ0n) is 25.9. The number of benzene rings is 1. The fourth-order valence-electron chi connectivity index (χ4n) is 4.86. The normalized spacial score (nSPS) is 14.2. The van der Waals surface area contributed by atoms with E-state index in [4.69, 9.17) is 9.72 Å². The Morgan fingerprint density at radius 2 is 1.71 bits per heavy atom. The van der Waals surface area contributed by atoms with Gasteiger partial charge in [0.1, 0.15) is 17.5 Å². The summed E-state index contributed by atoms with van der Waals surface area (Å²) in [5.41, 5.74) is 0.511. The van der Waals surface area contributed by atoms with Crippen molar-refractivity contribution in [2.45, 2.75) is 79.7 Å². The molecule has 0 bridgehead atoms. The van der Waals surface area contributed by atoms with Gasteiger partial charge in [-0.15, -0.1) is 0 Å². The van der Waals surface area contributed by atoms with Crippen molar-refractivity contribution in [2.24, 2.45) is 5.41 Å². The number of nitrogens with one attached hydrogen (secondary N) is 1. The number of rotatable bonds is 12. The van der Waals surface area contributed by atoms with Crippen LogP contribution in [0.3, 0.4) is 0 Å². The summed E-state index contributed by atoms with van der Waals surface area (Å²) in [6, 6.07) is 5.82. The van der Waals surface area contributed by atoms with Gasteiger partial charge in [-0.1, -0.05) is 39.8 Å². The van der Waals surface area contributed by atoms with Crippen LogP contribution < -0.4 is 19.9 Å². The summed E-state index contributed by atoms with van der Waals surface area (Å²) in [5.74, 6) is -0.0196. The molecule has 1 saturated heterocycles. The van der Waals surface area contributed by atoms with E-state index in [1.165, 1.54) is 0 Å². The highest BCUT2D eigenvalue weighted by atomic mass is 16.6. The van der Waals surface area contributed by atoms with E-state index >= 15 is 0 Å². The molecule has 0 spiro atoms. The number of carboxylic acids is 1. The molecule has 11 heteroatoms. The smallest absolute Gasteiger partial charge is 0.415 e. The molecular formula is C31H46N6O5. The molecule has 3 rings (SSSR count). The molecule has 1 atom stereocenters. The molecule has 1 aromatic heterocycles. The van der Waals surface area contributed by atoms with Gasteiger partial charge in [-0.2, -0.15) is 4.98 Å². The van der Waals surface area contributed by atoms with Crippen molar-refractivity contribution in [1.82, 2.24) is 14.9 Å². The van der Waals surface area contributed by atoms with Crippen molar-refractivity contribution in [3.8, 4) is 5.75 Å². The minimum atomic E-state index is -1.06. The molecule has 1 aliphatic rings. The second-order valence-corrected chi connectivity index (χ2v) is 11.6. The van der Waals surface area contributed by atoms with Gasteiger partial charge in [0.2, 0.25) is 11.9 Å². The molecular weight excluding hydrogens is 536 g/mol. The first-order chi connectivity index (χ1) is 20.0. The molecule has 0 aliphatic carbocycles. The molecule has 2 heterocycles. The van der Waals surface area contributed by atoms with Crippen molar-refractivity contribution in [3.05, 3.63) is 36.0 Å². The van der Waals surface area contributed by atoms with Crippen molar-refractivity contribution >= 4 is 35.4 Å². The lowest BCUT2D eigenvalue weighted by Crippen LogP contribution is -2.41. The Balaban J connectivity index is 1.86. The predicted octanol–water partition coefficient (Wildman–Crippen LogP) is 5.20. The maximum absolute atomic E-state index is 13.3. The fraction of sp³-hybridized carbons (Fsp3) is 0.581. The van der Waals surface area contributed by atoms with Crippen LogP contribution in [-0.2, 0) is 16.0 Å². The molecule has 11 nitrogen and oxygen atoms in total. The Morgan fingerprint density at radius 1 is 1.05 bits per heavy atom. The predicted molar refractivity (Wildman–Crippen MR) is 164 cm³/mol. The Labute approximate surface area is 249 Å². The van der Waals surface area contributed by atoms with Gasteiger partial charge >= 0.3 is 12.1 Å². The minimum absolute atomic E-state index is 0.119. The van der Waals surface area contributed by atoms with Crippen LogP contribution in [0.5, 0.6) is 5.75 Å². The number of ether oxygens (including phenoxy) is 1. The average molecular weight is 583 g/mol. The van der Waals surface area contributed by atoms with Crippen LogP contribution in [0.2, 0.25) is 0 Å². The second kappa shape index (κ2) is 14.8. The summed E-state index contributed by atoms with van der Waals surface area (Å²) in [7, 11) is 0. The van der Waals surface area contributed by atoms with Crippen molar-refractivity contribution in [1.29, 1.82) is 0 Å². The van der Waals surface area contributed by atoms with E-state index in [-0.39, 0.29) is 24.2 Å². The summed E-state index contributed by atoms with van der Waals surface area (Å²) >= 11 is 0. The van der Waals surface area contributed by atoms with Gasteiger partial charge in [0.05, 0.1) is 6.20 Å². The largest absolute Gasteiger partial charge is 0.480 e. The Bertz CT molecular complexity index is 1210. The first-order valence-corrected chi connectivity index (χ1v) is 15.0. The van der Waals surface area contributed by atoms with Crippen LogP contribution in [0.1, 0.15) is 72.8 Å². The van der Waals surface area contributed by atoms with Gasteiger partial charge in [0.25, 0.3) is 0 Å². The number of likely N-dealkylation sites (tertiary alicyclic amines) is 1. The number of carbonyl (C=O) groups is 3. The number of piperidine rings is 1. The van der Waals surface area contributed by atoms with E-state index < -0.39 is 17.4 Å². The molecule has 2 aromatic rings. The molecule has 42 heavy (non-hydrogen) atoms. The number of amides is 2. The highest BCUT2D eigenvalue weighted by molar-refractivity contribution is 5.99. The van der Waals surface area contributed by atoms with E-state index in [0.717, 1.165) is 37.8 Å². The number of carbonyl (C=O) groups excluding carboxylic acids is 2. The van der Waals surface area contributed by atoms with E-state index in [1.54, 1.807) is 40.3 Å². The van der Waals surface area contributed by atoms with E-state index in [1.807, 2.05) is 39.5 Å². The number of anilines is 3. The Hall–Kier alpha value is -3.89. The van der Waals surface area contributed by atoms with Gasteiger partial charge in [-0.3, -0.25) is 4.79 Å². The van der Waals surface area contributed by atoms with Gasteiger partial charge in [0, 0.05) is 44.6 Å². The summed E-state index contributed by atoms with van der Waals surface area (Å²) in [4.78, 5) is 52.8. The molecule has 1 aromatic carbocycles. The van der Waals surface area contributed by atoms with Gasteiger partial charge < -0.3 is 29.9 Å². The lowest BCUT2D eigenvalue weighted by molar-refractivity contribution is -0.137. The average Bonchev–Trinajstić information content (AvgIpc) is 2.97. The van der Waals surface area contributed by atoms with Gasteiger partial charge in [-0.05, 0) is 57.2 Å². The summed E-state index contributed by atoms with van der Waals surface area (Å²) in [5, 5.41) is 13.3. The van der Waals surface area contributed by atoms with Gasteiger partial charge in [-0.25, -0.2) is 14.6 Å². The number of nitrogens with zero attached hydrogens (tertiary/aromatic N) is 5. The lowest BCUT2D eigenvalue weighted by atomic mass is 9.94. The van der Waals surface area contributed by atoms with Gasteiger partial charge in [0.15, 0.2) is 5.82 Å². The van der Waals surface area contributed by atoms with Crippen molar-refractivity contribution in [2.75, 3.05) is 47.8 Å². The lowest BCUT2D eigenvalue weighted by Gasteiger charge is -2.31. The molecule has 230 valence electrons. The highest BCUT2D eigenvalue weighted by Gasteiger charge is 2.31. The molecule has 2 amide bonds. The zero-order valence-corrected chi connectivity index (χ0v) is 25.9. The first-order valence-electron chi connectivity index (χ1n) is 15.0. The number of hydrogen-bond donors (Lipinski definition) is 2. The molecule has 0 saturated carbocycles. The van der Waals surface area contributed by atoms with Crippen LogP contribution in [0.4, 0.5) is 22.2 Å². The molecule has 1 fully saturated rings. The van der Waals surface area contributed by atoms with Crippen molar-refractivity contribution < 1.29 is 24.2 Å². The van der Waals surface area contributed by atoms with Crippen LogP contribution in [0, 0.1) is 5.41 Å². The quantitative estimate of drug-likeness (QED) is 0.347. The van der Waals surface area contributed by atoms with Crippen LogP contribution >= 0.6 is 0 Å². The summed E-state index contributed by atoms with van der Waals surface area (Å²) in [6.45, 7) is 14.6. The fourth-order valence-corrected chi connectivity index (χ4v) is 4.86. The Morgan fingerprint density at radius 3 is 2.26 bits per heavy atom. The third kappa shape index (κ3) is 8.56. The molecule has 1 aliphatic heterocycles. The molecule has 0 radical (unpaired) electrons. The number of aromatic nitrogens is 2. The van der Waals surface area contributed by atoms with E-state index in [2.05, 4.69) is 17.2 Å². The highest BCUT2D eigenvalue weighted by Crippen LogP contribution is 2.30. The standard InChI is InChI=1S/C31H46N6O5/c1-7-17-35(8-2)29-32-21-25(37(9-3)28(40)31(4,5)6)26(34-29)33-24(27(38)39)20-22-13-15-23(16-14-22)42-30(41)36-18-11-10-12-19-36/h13-16,21,24H,7-12,17-20H2,1-6H3,(H,38,39)(H,32,33,34). The minimum Gasteiger partial charge on any atom is -0.480 e. The maximum atomic E-state index is 13.3. The topological polar surface area (TPSA) is 128 Å². The molecule has 1 unspecified atom stereocenters.